The normalized spacial score (nSPS) is 13.5. The highest BCUT2D eigenvalue weighted by Crippen LogP contribution is 2.34. The molecule has 1 heterocycles. The summed E-state index contributed by atoms with van der Waals surface area (Å²) in [6, 6.07) is 0. The van der Waals surface area contributed by atoms with Crippen LogP contribution in [-0.4, -0.2) is 10.2 Å². The van der Waals surface area contributed by atoms with Gasteiger partial charge < -0.3 is 0 Å². The number of aromatic nitrogens is 2. The van der Waals surface area contributed by atoms with Gasteiger partial charge in [-0.3, -0.25) is 0 Å². The monoisotopic (exact) mass is 148 g/mol. The fraction of sp³-hybridized carbons (Fsp3) is 0.556. The van der Waals surface area contributed by atoms with E-state index in [0.717, 1.165) is 12.1 Å². The van der Waals surface area contributed by atoms with Crippen molar-refractivity contribution in [2.24, 2.45) is 0 Å². The molecule has 0 fully saturated rings. The molecule has 1 aromatic heterocycles. The van der Waals surface area contributed by atoms with Crippen molar-refractivity contribution in [3.05, 3.63) is 22.5 Å². The number of aryl methyl sites for hydroxylation is 1. The smallest absolute Gasteiger partial charge is 0.0694 e. The summed E-state index contributed by atoms with van der Waals surface area (Å²) in [6.07, 6.45) is 1.13. The van der Waals surface area contributed by atoms with Crippen LogP contribution in [0.1, 0.15) is 42.3 Å². The van der Waals surface area contributed by atoms with Crippen LogP contribution in [0.25, 0.3) is 0 Å². The van der Waals surface area contributed by atoms with Crippen LogP contribution in [0.5, 0.6) is 0 Å². The van der Waals surface area contributed by atoms with E-state index in [-0.39, 0.29) is 0 Å². The molecule has 11 heavy (non-hydrogen) atoms. The standard InChI is InChI=1S/C9H12N2/c1-5(2)9-8-4-7(8)6(3)10-11-9/h5H,4H2,1-3H3. The van der Waals surface area contributed by atoms with Gasteiger partial charge in [-0.05, 0) is 24.0 Å². The van der Waals surface area contributed by atoms with Crippen LogP contribution in [0.3, 0.4) is 0 Å². The molecule has 1 aliphatic carbocycles. The van der Waals surface area contributed by atoms with E-state index in [1.807, 2.05) is 6.92 Å². The minimum absolute atomic E-state index is 0.527. The quantitative estimate of drug-likeness (QED) is 0.616. The number of rotatable bonds is 1. The van der Waals surface area contributed by atoms with Crippen molar-refractivity contribution in [2.75, 3.05) is 0 Å². The molecular formula is C9H12N2. The van der Waals surface area contributed by atoms with Gasteiger partial charge in [0.25, 0.3) is 0 Å². The molecule has 0 aromatic carbocycles. The van der Waals surface area contributed by atoms with E-state index in [4.69, 9.17) is 0 Å². The van der Waals surface area contributed by atoms with Crippen molar-refractivity contribution >= 4 is 0 Å². The lowest BCUT2D eigenvalue weighted by Gasteiger charge is -2.00. The lowest BCUT2D eigenvalue weighted by Crippen LogP contribution is -1.95. The summed E-state index contributed by atoms with van der Waals surface area (Å²) >= 11 is 0. The summed E-state index contributed by atoms with van der Waals surface area (Å²) in [6.45, 7) is 6.36. The van der Waals surface area contributed by atoms with E-state index in [2.05, 4.69) is 24.0 Å². The zero-order chi connectivity index (χ0) is 8.01. The Morgan fingerprint density at radius 2 is 1.91 bits per heavy atom. The maximum atomic E-state index is 4.18. The fourth-order valence-corrected chi connectivity index (χ4v) is 1.44. The topological polar surface area (TPSA) is 25.8 Å². The maximum absolute atomic E-state index is 4.18. The molecule has 0 radical (unpaired) electrons. The first kappa shape index (κ1) is 6.77. The summed E-state index contributed by atoms with van der Waals surface area (Å²) in [5.41, 5.74) is 5.20. The molecule has 0 atom stereocenters. The Balaban J connectivity index is 2.49. The van der Waals surface area contributed by atoms with Gasteiger partial charge in [0.2, 0.25) is 0 Å². The fourth-order valence-electron chi connectivity index (χ4n) is 1.44. The molecule has 1 aliphatic rings. The van der Waals surface area contributed by atoms with Gasteiger partial charge in [-0.1, -0.05) is 13.8 Å². The highest BCUT2D eigenvalue weighted by Gasteiger charge is 2.26. The molecule has 0 amide bonds. The molecule has 0 saturated heterocycles. The largest absolute Gasteiger partial charge is 0.155 e. The van der Waals surface area contributed by atoms with Crippen LogP contribution in [0, 0.1) is 6.92 Å². The molecular weight excluding hydrogens is 136 g/mol. The predicted octanol–water partition coefficient (Wildman–Crippen LogP) is 1.81. The number of fused-ring (bicyclic) bond motifs is 1. The molecule has 0 N–H and O–H groups in total. The Morgan fingerprint density at radius 3 is 2.55 bits per heavy atom. The molecule has 0 spiro atoms. The molecule has 0 saturated carbocycles. The molecule has 0 aliphatic heterocycles. The Kier molecular flexibility index (Phi) is 1.25. The van der Waals surface area contributed by atoms with Gasteiger partial charge >= 0.3 is 0 Å². The highest BCUT2D eigenvalue weighted by atomic mass is 15.1. The van der Waals surface area contributed by atoms with Crippen LogP contribution in [0.2, 0.25) is 0 Å². The van der Waals surface area contributed by atoms with Crippen molar-refractivity contribution in [1.29, 1.82) is 0 Å². The summed E-state index contributed by atoms with van der Waals surface area (Å²) in [4.78, 5) is 0. The average Bonchev–Trinajstić information content (AvgIpc) is 2.66. The van der Waals surface area contributed by atoms with Gasteiger partial charge in [0.05, 0.1) is 11.4 Å². The third kappa shape index (κ3) is 0.934. The van der Waals surface area contributed by atoms with E-state index < -0.39 is 0 Å². The summed E-state index contributed by atoms with van der Waals surface area (Å²) in [5, 5.41) is 8.28. The van der Waals surface area contributed by atoms with Gasteiger partial charge in [-0.25, -0.2) is 0 Å². The van der Waals surface area contributed by atoms with Gasteiger partial charge in [0.1, 0.15) is 0 Å². The maximum Gasteiger partial charge on any atom is 0.0694 e. The van der Waals surface area contributed by atoms with E-state index in [1.54, 1.807) is 0 Å². The van der Waals surface area contributed by atoms with Crippen molar-refractivity contribution in [2.45, 2.75) is 33.1 Å². The molecule has 0 unspecified atom stereocenters. The van der Waals surface area contributed by atoms with Gasteiger partial charge in [-0.2, -0.15) is 10.2 Å². The van der Waals surface area contributed by atoms with Crippen LogP contribution in [-0.2, 0) is 6.42 Å². The van der Waals surface area contributed by atoms with E-state index in [9.17, 15) is 0 Å². The second kappa shape index (κ2) is 2.03. The Morgan fingerprint density at radius 1 is 1.18 bits per heavy atom. The Hall–Kier alpha value is -0.920. The molecule has 58 valence electrons. The molecule has 2 nitrogen and oxygen atoms in total. The molecule has 0 bridgehead atoms. The third-order valence-corrected chi connectivity index (χ3v) is 2.19. The molecule has 2 heteroatoms. The molecule has 2 rings (SSSR count). The number of hydrogen-bond acceptors (Lipinski definition) is 2. The van der Waals surface area contributed by atoms with E-state index in [0.29, 0.717) is 5.92 Å². The van der Waals surface area contributed by atoms with Crippen LogP contribution >= 0.6 is 0 Å². The zero-order valence-electron chi connectivity index (χ0n) is 7.18. The average molecular weight is 148 g/mol. The van der Waals surface area contributed by atoms with Crippen molar-refractivity contribution in [3.8, 4) is 0 Å². The van der Waals surface area contributed by atoms with Gasteiger partial charge in [-0.15, -0.1) is 0 Å². The first-order valence-corrected chi connectivity index (χ1v) is 4.05. The third-order valence-electron chi connectivity index (χ3n) is 2.19. The lowest BCUT2D eigenvalue weighted by molar-refractivity contribution is 0.779. The van der Waals surface area contributed by atoms with Crippen molar-refractivity contribution in [1.82, 2.24) is 10.2 Å². The highest BCUT2D eigenvalue weighted by molar-refractivity contribution is 5.50. The van der Waals surface area contributed by atoms with Crippen molar-refractivity contribution < 1.29 is 0 Å². The first-order valence-electron chi connectivity index (χ1n) is 4.05. The number of hydrogen-bond donors (Lipinski definition) is 0. The minimum atomic E-state index is 0.527. The van der Waals surface area contributed by atoms with E-state index in [1.165, 1.54) is 16.8 Å². The second-order valence-electron chi connectivity index (χ2n) is 3.46. The lowest BCUT2D eigenvalue weighted by atomic mass is 10.1. The van der Waals surface area contributed by atoms with E-state index >= 15 is 0 Å². The van der Waals surface area contributed by atoms with Gasteiger partial charge in [0, 0.05) is 6.42 Å². The van der Waals surface area contributed by atoms with Crippen LogP contribution in [0.15, 0.2) is 0 Å². The Labute approximate surface area is 66.7 Å². The minimum Gasteiger partial charge on any atom is -0.155 e. The van der Waals surface area contributed by atoms with Crippen molar-refractivity contribution in [3.63, 3.8) is 0 Å². The van der Waals surface area contributed by atoms with Crippen LogP contribution in [0.4, 0.5) is 0 Å². The SMILES string of the molecule is Cc1nnc(C(C)C)c2c1C2. The number of nitrogens with zero attached hydrogens (tertiary/aromatic N) is 2. The zero-order valence-corrected chi connectivity index (χ0v) is 7.18. The second-order valence-corrected chi connectivity index (χ2v) is 3.46. The summed E-state index contributed by atoms with van der Waals surface area (Å²) in [5.74, 6) is 0.527. The Bertz CT molecular complexity index is 303. The predicted molar refractivity (Wildman–Crippen MR) is 43.7 cm³/mol. The van der Waals surface area contributed by atoms with Crippen LogP contribution < -0.4 is 0 Å². The summed E-state index contributed by atoms with van der Waals surface area (Å²) < 4.78 is 0. The summed E-state index contributed by atoms with van der Waals surface area (Å²) in [7, 11) is 0. The first-order chi connectivity index (χ1) is 5.20. The molecule has 1 aromatic rings. The van der Waals surface area contributed by atoms with Gasteiger partial charge in [0.15, 0.2) is 0 Å².